The van der Waals surface area contributed by atoms with Crippen molar-refractivity contribution in [3.05, 3.63) is 0 Å². The van der Waals surface area contributed by atoms with Crippen molar-refractivity contribution >= 4 is 12.0 Å². The molecule has 0 radical (unpaired) electrons. The van der Waals surface area contributed by atoms with Gasteiger partial charge in [-0.05, 0) is 25.7 Å². The zero-order valence-corrected chi connectivity index (χ0v) is 11.8. The highest BCUT2D eigenvalue weighted by Gasteiger charge is 2.39. The van der Waals surface area contributed by atoms with Crippen molar-refractivity contribution < 1.29 is 19.8 Å². The van der Waals surface area contributed by atoms with Gasteiger partial charge < -0.3 is 20.4 Å². The van der Waals surface area contributed by atoms with E-state index in [1.807, 2.05) is 6.92 Å². The van der Waals surface area contributed by atoms with Crippen LogP contribution < -0.4 is 5.32 Å². The summed E-state index contributed by atoms with van der Waals surface area (Å²) in [6, 6.07) is -1.32. The zero-order chi connectivity index (χ0) is 14.6. The number of nitrogens with zero attached hydrogens (tertiary/aromatic N) is 1. The number of likely N-dealkylation sites (tertiary alicyclic amines) is 1. The minimum atomic E-state index is -1.07. The molecule has 0 spiro atoms. The number of rotatable bonds is 5. The second kappa shape index (κ2) is 6.75. The number of hydrogen-bond acceptors (Lipinski definition) is 3. The van der Waals surface area contributed by atoms with Gasteiger partial charge in [-0.3, -0.25) is 0 Å². The van der Waals surface area contributed by atoms with E-state index in [0.29, 0.717) is 5.92 Å². The third-order valence-corrected chi connectivity index (χ3v) is 3.37. The normalized spacial score (nSPS) is 24.6. The van der Waals surface area contributed by atoms with E-state index in [2.05, 4.69) is 19.2 Å². The van der Waals surface area contributed by atoms with Gasteiger partial charge in [0.2, 0.25) is 0 Å². The maximum absolute atomic E-state index is 12.0. The summed E-state index contributed by atoms with van der Waals surface area (Å²) in [6.07, 6.45) is 1.21. The van der Waals surface area contributed by atoms with E-state index < -0.39 is 24.1 Å². The summed E-state index contributed by atoms with van der Waals surface area (Å²) in [6.45, 7) is 6.22. The lowest BCUT2D eigenvalue weighted by Gasteiger charge is -2.24. The fraction of sp³-hybridized carbons (Fsp3) is 0.846. The molecule has 0 bridgehead atoms. The highest BCUT2D eigenvalue weighted by atomic mass is 16.4. The van der Waals surface area contributed by atoms with Crippen molar-refractivity contribution in [2.75, 3.05) is 6.54 Å². The second-order valence-corrected chi connectivity index (χ2v) is 5.72. The Balaban J connectivity index is 2.50. The Bertz CT molecular complexity index is 333. The molecule has 0 aromatic rings. The summed E-state index contributed by atoms with van der Waals surface area (Å²) in [5.74, 6) is -0.499. The van der Waals surface area contributed by atoms with Gasteiger partial charge in [-0.15, -0.1) is 0 Å². The number of β-amino-alcohol motifs (C(OH)–C–C–N with tert-alkyl or cyclic N) is 1. The van der Waals surface area contributed by atoms with Crippen LogP contribution in [0.4, 0.5) is 4.79 Å². The molecule has 19 heavy (non-hydrogen) atoms. The van der Waals surface area contributed by atoms with Gasteiger partial charge in [0, 0.05) is 19.0 Å². The van der Waals surface area contributed by atoms with Gasteiger partial charge in [-0.25, -0.2) is 9.59 Å². The van der Waals surface area contributed by atoms with Crippen LogP contribution in [0, 0.1) is 5.92 Å². The van der Waals surface area contributed by atoms with E-state index in [0.717, 1.165) is 12.8 Å². The maximum atomic E-state index is 12.0. The average molecular weight is 272 g/mol. The quantitative estimate of drug-likeness (QED) is 0.697. The Morgan fingerprint density at radius 3 is 2.47 bits per heavy atom. The fourth-order valence-corrected chi connectivity index (χ4v) is 2.22. The number of carboxylic acids is 1. The van der Waals surface area contributed by atoms with Crippen molar-refractivity contribution in [3.8, 4) is 0 Å². The Hall–Kier alpha value is -1.30. The van der Waals surface area contributed by atoms with Crippen LogP contribution in [0.5, 0.6) is 0 Å². The zero-order valence-electron chi connectivity index (χ0n) is 11.8. The molecule has 0 aliphatic carbocycles. The van der Waals surface area contributed by atoms with Crippen LogP contribution in [0.15, 0.2) is 0 Å². The van der Waals surface area contributed by atoms with Gasteiger partial charge in [-0.1, -0.05) is 13.8 Å². The highest BCUT2D eigenvalue weighted by molar-refractivity contribution is 5.83. The number of aliphatic hydroxyl groups is 1. The SMILES string of the molecule is CC(C)CCC(C)NC(=O)N1C[C@H](O)C[C@H]1C(=O)O. The number of urea groups is 1. The first kappa shape index (κ1) is 15.8. The summed E-state index contributed by atoms with van der Waals surface area (Å²) < 4.78 is 0. The highest BCUT2D eigenvalue weighted by Crippen LogP contribution is 2.18. The first-order chi connectivity index (χ1) is 8.81. The standard InChI is InChI=1S/C13H24N2O4/c1-8(2)4-5-9(3)14-13(19)15-7-10(16)6-11(15)12(17)18/h8-11,16H,4-7H2,1-3H3,(H,14,19)(H,17,18)/t9?,10-,11+/m1/s1. The molecule has 1 aliphatic heterocycles. The first-order valence-corrected chi connectivity index (χ1v) is 6.79. The molecule has 1 saturated heterocycles. The van der Waals surface area contributed by atoms with Gasteiger partial charge in [-0.2, -0.15) is 0 Å². The minimum absolute atomic E-state index is 0.00193. The molecule has 0 saturated carbocycles. The van der Waals surface area contributed by atoms with Crippen molar-refractivity contribution in [3.63, 3.8) is 0 Å². The summed E-state index contributed by atoms with van der Waals surface area (Å²) in [5.41, 5.74) is 0. The van der Waals surface area contributed by atoms with E-state index >= 15 is 0 Å². The van der Waals surface area contributed by atoms with Gasteiger partial charge >= 0.3 is 12.0 Å². The predicted molar refractivity (Wildman–Crippen MR) is 70.8 cm³/mol. The molecule has 1 aliphatic rings. The number of carbonyl (C=O) groups excluding carboxylic acids is 1. The van der Waals surface area contributed by atoms with E-state index in [4.69, 9.17) is 5.11 Å². The molecule has 0 aromatic heterocycles. The Morgan fingerprint density at radius 1 is 1.32 bits per heavy atom. The number of hydrogen-bond donors (Lipinski definition) is 3. The molecule has 0 aromatic carbocycles. The molecule has 6 nitrogen and oxygen atoms in total. The third-order valence-electron chi connectivity index (χ3n) is 3.37. The molecular formula is C13H24N2O4. The molecular weight excluding hydrogens is 248 g/mol. The van der Waals surface area contributed by atoms with Crippen LogP contribution in [0.1, 0.15) is 40.0 Å². The van der Waals surface area contributed by atoms with Gasteiger partial charge in [0.1, 0.15) is 6.04 Å². The number of nitrogens with one attached hydrogen (secondary N) is 1. The summed E-state index contributed by atoms with van der Waals surface area (Å²) in [5, 5.41) is 21.3. The van der Waals surface area contributed by atoms with Gasteiger partial charge in [0.15, 0.2) is 0 Å². The molecule has 1 rings (SSSR count). The van der Waals surface area contributed by atoms with Gasteiger partial charge in [0.05, 0.1) is 6.10 Å². The number of amides is 2. The van der Waals surface area contributed by atoms with Crippen molar-refractivity contribution in [2.45, 2.75) is 58.2 Å². The van der Waals surface area contributed by atoms with Crippen LogP contribution in [0.3, 0.4) is 0 Å². The van der Waals surface area contributed by atoms with Crippen LogP contribution in [-0.4, -0.2) is 51.8 Å². The Labute approximate surface area is 113 Å². The van der Waals surface area contributed by atoms with Crippen LogP contribution >= 0.6 is 0 Å². The Morgan fingerprint density at radius 2 is 1.95 bits per heavy atom. The van der Waals surface area contributed by atoms with Crippen molar-refractivity contribution in [1.82, 2.24) is 10.2 Å². The molecule has 2 amide bonds. The van der Waals surface area contributed by atoms with Gasteiger partial charge in [0.25, 0.3) is 0 Å². The monoisotopic (exact) mass is 272 g/mol. The molecule has 6 heteroatoms. The summed E-state index contributed by atoms with van der Waals surface area (Å²) in [7, 11) is 0. The summed E-state index contributed by atoms with van der Waals surface area (Å²) in [4.78, 5) is 24.2. The lowest BCUT2D eigenvalue weighted by molar-refractivity contribution is -0.141. The van der Waals surface area contributed by atoms with E-state index in [9.17, 15) is 14.7 Å². The lowest BCUT2D eigenvalue weighted by Crippen LogP contribution is -2.48. The molecule has 110 valence electrons. The number of carbonyl (C=O) groups is 2. The maximum Gasteiger partial charge on any atom is 0.326 e. The number of aliphatic carboxylic acids is 1. The topological polar surface area (TPSA) is 89.9 Å². The molecule has 1 heterocycles. The number of aliphatic hydroxyl groups excluding tert-OH is 1. The molecule has 1 unspecified atom stereocenters. The van der Waals surface area contributed by atoms with E-state index in [-0.39, 0.29) is 19.0 Å². The average Bonchev–Trinajstić information content (AvgIpc) is 2.69. The van der Waals surface area contributed by atoms with E-state index in [1.165, 1.54) is 4.90 Å². The fourth-order valence-electron chi connectivity index (χ4n) is 2.22. The minimum Gasteiger partial charge on any atom is -0.480 e. The third kappa shape index (κ3) is 4.70. The van der Waals surface area contributed by atoms with Crippen LogP contribution in [-0.2, 0) is 4.79 Å². The molecule has 3 atom stereocenters. The number of carboxylic acid groups (broad SMARTS) is 1. The smallest absolute Gasteiger partial charge is 0.326 e. The largest absolute Gasteiger partial charge is 0.480 e. The lowest BCUT2D eigenvalue weighted by atomic mass is 10.0. The molecule has 3 N–H and O–H groups in total. The first-order valence-electron chi connectivity index (χ1n) is 6.79. The van der Waals surface area contributed by atoms with Crippen LogP contribution in [0.25, 0.3) is 0 Å². The van der Waals surface area contributed by atoms with E-state index in [1.54, 1.807) is 0 Å². The van der Waals surface area contributed by atoms with Crippen LogP contribution in [0.2, 0.25) is 0 Å². The van der Waals surface area contributed by atoms with Crippen molar-refractivity contribution in [2.24, 2.45) is 5.92 Å². The predicted octanol–water partition coefficient (Wildman–Crippen LogP) is 1.04. The molecule has 1 fully saturated rings. The van der Waals surface area contributed by atoms with Crippen molar-refractivity contribution in [1.29, 1.82) is 0 Å². The second-order valence-electron chi connectivity index (χ2n) is 5.72. The summed E-state index contributed by atoms with van der Waals surface area (Å²) >= 11 is 0. The Kier molecular flexibility index (Phi) is 5.60.